The number of nitrogens with zero attached hydrogens (tertiary/aromatic N) is 2. The van der Waals surface area contributed by atoms with Gasteiger partial charge in [0.1, 0.15) is 0 Å². The van der Waals surface area contributed by atoms with Crippen LogP contribution in [0.5, 0.6) is 0 Å². The molecule has 0 saturated heterocycles. The van der Waals surface area contributed by atoms with Crippen LogP contribution in [0.1, 0.15) is 19.4 Å². The van der Waals surface area contributed by atoms with E-state index in [1.54, 1.807) is 11.9 Å². The predicted octanol–water partition coefficient (Wildman–Crippen LogP) is 1.94. The van der Waals surface area contributed by atoms with Gasteiger partial charge in [0.25, 0.3) is 0 Å². The maximum Gasteiger partial charge on any atom is 0.305 e. The minimum Gasteiger partial charge on any atom is -0.355 e. The smallest absolute Gasteiger partial charge is 0.305 e. The highest BCUT2D eigenvalue weighted by atomic mass is 19.1. The monoisotopic (exact) mass is 297 g/mol. The zero-order valence-corrected chi connectivity index (χ0v) is 12.4. The Hall–Kier alpha value is -2.02. The fourth-order valence-corrected chi connectivity index (χ4v) is 1.80. The molecule has 0 spiro atoms. The standard InChI is InChI=1S/C14H20FN3O3/c1-10(2)7-16-13(19)9-17(3)8-11-5-4-6-12(14(11)15)18(20)21/h4-6,10H,7-9H2,1-3H3,(H,16,19). The molecule has 0 aliphatic rings. The summed E-state index contributed by atoms with van der Waals surface area (Å²) in [7, 11) is 1.66. The maximum absolute atomic E-state index is 13.9. The normalized spacial score (nSPS) is 11.0. The number of benzene rings is 1. The van der Waals surface area contributed by atoms with Crippen LogP contribution in [-0.2, 0) is 11.3 Å². The molecule has 0 unspecified atom stereocenters. The molecule has 1 aromatic carbocycles. The number of likely N-dealkylation sites (N-methyl/N-ethyl adjacent to an activating group) is 1. The highest BCUT2D eigenvalue weighted by molar-refractivity contribution is 5.77. The van der Waals surface area contributed by atoms with Crippen molar-refractivity contribution in [2.75, 3.05) is 20.1 Å². The molecular formula is C14H20FN3O3. The third-order valence-electron chi connectivity index (χ3n) is 2.82. The van der Waals surface area contributed by atoms with E-state index >= 15 is 0 Å². The molecule has 0 heterocycles. The van der Waals surface area contributed by atoms with Gasteiger partial charge in [0, 0.05) is 24.7 Å². The first kappa shape index (κ1) is 17.0. The van der Waals surface area contributed by atoms with Crippen molar-refractivity contribution in [2.24, 2.45) is 5.92 Å². The fraction of sp³-hybridized carbons (Fsp3) is 0.500. The van der Waals surface area contributed by atoms with Crippen LogP contribution in [0.2, 0.25) is 0 Å². The van der Waals surface area contributed by atoms with Crippen LogP contribution in [0.4, 0.5) is 10.1 Å². The largest absolute Gasteiger partial charge is 0.355 e. The minimum atomic E-state index is -0.850. The molecule has 21 heavy (non-hydrogen) atoms. The number of carbonyl (C=O) groups excluding carboxylic acids is 1. The Kier molecular flexibility index (Phi) is 6.23. The first-order valence-electron chi connectivity index (χ1n) is 6.68. The summed E-state index contributed by atoms with van der Waals surface area (Å²) >= 11 is 0. The van der Waals surface area contributed by atoms with Crippen LogP contribution in [0.15, 0.2) is 18.2 Å². The van der Waals surface area contributed by atoms with Crippen molar-refractivity contribution in [3.05, 3.63) is 39.7 Å². The summed E-state index contributed by atoms with van der Waals surface area (Å²) in [6.07, 6.45) is 0. The minimum absolute atomic E-state index is 0.106. The van der Waals surface area contributed by atoms with E-state index in [1.165, 1.54) is 12.1 Å². The van der Waals surface area contributed by atoms with Gasteiger partial charge < -0.3 is 5.32 Å². The van der Waals surface area contributed by atoms with Crippen LogP contribution in [0, 0.1) is 21.8 Å². The molecule has 0 aliphatic carbocycles. The second kappa shape index (κ2) is 7.68. The van der Waals surface area contributed by atoms with Crippen molar-refractivity contribution in [3.8, 4) is 0 Å². The molecule has 6 nitrogen and oxygen atoms in total. The Morgan fingerprint density at radius 3 is 2.71 bits per heavy atom. The van der Waals surface area contributed by atoms with E-state index in [4.69, 9.17) is 0 Å². The summed E-state index contributed by atoms with van der Waals surface area (Å²) < 4.78 is 13.9. The molecule has 0 aliphatic heterocycles. The van der Waals surface area contributed by atoms with E-state index in [9.17, 15) is 19.3 Å². The van der Waals surface area contributed by atoms with Crippen molar-refractivity contribution in [1.29, 1.82) is 0 Å². The molecule has 0 saturated carbocycles. The Labute approximate surface area is 123 Å². The van der Waals surface area contributed by atoms with Gasteiger partial charge in [-0.2, -0.15) is 4.39 Å². The molecule has 7 heteroatoms. The lowest BCUT2D eigenvalue weighted by Crippen LogP contribution is -2.36. The Balaban J connectivity index is 2.63. The van der Waals surface area contributed by atoms with Gasteiger partial charge in [-0.25, -0.2) is 0 Å². The van der Waals surface area contributed by atoms with Crippen molar-refractivity contribution in [1.82, 2.24) is 10.2 Å². The zero-order valence-electron chi connectivity index (χ0n) is 12.4. The van der Waals surface area contributed by atoms with E-state index in [1.807, 2.05) is 13.8 Å². The molecule has 0 fully saturated rings. The number of hydrogen-bond donors (Lipinski definition) is 1. The molecule has 1 aromatic rings. The van der Waals surface area contributed by atoms with Crippen LogP contribution < -0.4 is 5.32 Å². The lowest BCUT2D eigenvalue weighted by molar-refractivity contribution is -0.387. The third kappa shape index (κ3) is 5.47. The predicted molar refractivity (Wildman–Crippen MR) is 77.2 cm³/mol. The summed E-state index contributed by atoms with van der Waals surface area (Å²) in [5, 5.41) is 13.4. The van der Waals surface area contributed by atoms with E-state index in [-0.39, 0.29) is 24.6 Å². The van der Waals surface area contributed by atoms with E-state index < -0.39 is 16.4 Å². The molecule has 1 rings (SSSR count). The highest BCUT2D eigenvalue weighted by Gasteiger charge is 2.18. The van der Waals surface area contributed by atoms with Crippen LogP contribution >= 0.6 is 0 Å². The van der Waals surface area contributed by atoms with E-state index in [2.05, 4.69) is 5.32 Å². The van der Waals surface area contributed by atoms with Gasteiger partial charge in [0.05, 0.1) is 11.5 Å². The highest BCUT2D eigenvalue weighted by Crippen LogP contribution is 2.20. The lowest BCUT2D eigenvalue weighted by Gasteiger charge is -2.17. The Morgan fingerprint density at radius 2 is 2.14 bits per heavy atom. The molecule has 1 N–H and O–H groups in total. The third-order valence-corrected chi connectivity index (χ3v) is 2.82. The molecule has 116 valence electrons. The van der Waals surface area contributed by atoms with Gasteiger partial charge in [-0.1, -0.05) is 26.0 Å². The van der Waals surface area contributed by atoms with Crippen LogP contribution in [-0.4, -0.2) is 35.9 Å². The molecule has 0 radical (unpaired) electrons. The van der Waals surface area contributed by atoms with Gasteiger partial charge in [0.2, 0.25) is 11.7 Å². The molecule has 0 aromatic heterocycles. The summed E-state index contributed by atoms with van der Waals surface area (Å²) in [4.78, 5) is 23.2. The topological polar surface area (TPSA) is 75.5 Å². The summed E-state index contributed by atoms with van der Waals surface area (Å²) in [6.45, 7) is 4.79. The number of carbonyl (C=O) groups is 1. The summed E-state index contributed by atoms with van der Waals surface area (Å²) in [6, 6.07) is 4.03. The number of rotatable bonds is 7. The first-order chi connectivity index (χ1) is 9.81. The van der Waals surface area contributed by atoms with Crippen molar-refractivity contribution in [3.63, 3.8) is 0 Å². The average molecular weight is 297 g/mol. The van der Waals surface area contributed by atoms with Gasteiger partial charge in [0.15, 0.2) is 0 Å². The van der Waals surface area contributed by atoms with Gasteiger partial charge >= 0.3 is 5.69 Å². The molecule has 1 amide bonds. The van der Waals surface area contributed by atoms with E-state index in [0.717, 1.165) is 6.07 Å². The van der Waals surface area contributed by atoms with Crippen LogP contribution in [0.3, 0.4) is 0 Å². The lowest BCUT2D eigenvalue weighted by atomic mass is 10.1. The molecule has 0 atom stereocenters. The number of hydrogen-bond acceptors (Lipinski definition) is 4. The number of nitrogens with one attached hydrogen (secondary N) is 1. The quantitative estimate of drug-likeness (QED) is 0.616. The number of amides is 1. The second-order valence-corrected chi connectivity index (χ2v) is 5.38. The zero-order chi connectivity index (χ0) is 16.0. The van der Waals surface area contributed by atoms with Crippen molar-refractivity contribution >= 4 is 11.6 Å². The summed E-state index contributed by atoms with van der Waals surface area (Å²) in [5.41, 5.74) is -0.353. The molecular weight excluding hydrogens is 277 g/mol. The maximum atomic E-state index is 13.9. The van der Waals surface area contributed by atoms with Gasteiger partial charge in [-0.3, -0.25) is 19.8 Å². The average Bonchev–Trinajstić information content (AvgIpc) is 2.38. The van der Waals surface area contributed by atoms with E-state index in [0.29, 0.717) is 12.5 Å². The Morgan fingerprint density at radius 1 is 1.48 bits per heavy atom. The second-order valence-electron chi connectivity index (χ2n) is 5.38. The van der Waals surface area contributed by atoms with Crippen molar-refractivity contribution in [2.45, 2.75) is 20.4 Å². The van der Waals surface area contributed by atoms with Gasteiger partial charge in [-0.05, 0) is 13.0 Å². The summed E-state index contributed by atoms with van der Waals surface area (Å²) in [5.74, 6) is -0.651. The van der Waals surface area contributed by atoms with Crippen molar-refractivity contribution < 1.29 is 14.1 Å². The number of nitro groups is 1. The SMILES string of the molecule is CC(C)CNC(=O)CN(C)Cc1cccc([N+](=O)[O-])c1F. The first-order valence-corrected chi connectivity index (χ1v) is 6.68. The number of halogens is 1. The van der Waals surface area contributed by atoms with Gasteiger partial charge in [-0.15, -0.1) is 0 Å². The van der Waals surface area contributed by atoms with Crippen LogP contribution in [0.25, 0.3) is 0 Å². The number of nitro benzene ring substituents is 1. The molecule has 0 bridgehead atoms. The fourth-order valence-electron chi connectivity index (χ4n) is 1.80. The Bertz CT molecular complexity index is 520.